The third kappa shape index (κ3) is 4.08. The van der Waals surface area contributed by atoms with E-state index in [2.05, 4.69) is 5.32 Å². The van der Waals surface area contributed by atoms with E-state index in [0.717, 1.165) is 5.56 Å². The molecule has 1 fully saturated rings. The van der Waals surface area contributed by atoms with Gasteiger partial charge in [0.1, 0.15) is 19.3 Å². The Hall–Kier alpha value is -2.23. The van der Waals surface area contributed by atoms with Crippen LogP contribution < -0.4 is 14.8 Å². The highest BCUT2D eigenvalue weighted by atomic mass is 32.2. The van der Waals surface area contributed by atoms with Crippen molar-refractivity contribution in [3.8, 4) is 11.5 Å². The van der Waals surface area contributed by atoms with E-state index < -0.39 is 16.1 Å². The maximum absolute atomic E-state index is 13.2. The molecule has 0 bridgehead atoms. The zero-order valence-electron chi connectivity index (χ0n) is 15.9. The van der Waals surface area contributed by atoms with Crippen LogP contribution in [0.1, 0.15) is 18.5 Å². The van der Waals surface area contributed by atoms with Gasteiger partial charge >= 0.3 is 0 Å². The Kier molecular flexibility index (Phi) is 5.71. The molecule has 29 heavy (non-hydrogen) atoms. The smallest absolute Gasteiger partial charge is 0.244 e. The SMILES string of the molecule is CC(NC(=O)[C@@H]1CSCN1S(=O)(=O)c1ccc2c(c1)OCCO2)c1ccccc1. The Bertz CT molecular complexity index is 997. The van der Waals surface area contributed by atoms with Gasteiger partial charge in [0.25, 0.3) is 0 Å². The van der Waals surface area contributed by atoms with Crippen LogP contribution in [0.15, 0.2) is 53.4 Å². The molecule has 7 nitrogen and oxygen atoms in total. The molecule has 2 aliphatic heterocycles. The number of nitrogens with one attached hydrogen (secondary N) is 1. The molecule has 9 heteroatoms. The fourth-order valence-corrected chi connectivity index (χ4v) is 6.49. The van der Waals surface area contributed by atoms with Crippen molar-refractivity contribution >= 4 is 27.7 Å². The number of hydrogen-bond acceptors (Lipinski definition) is 6. The Morgan fingerprint density at radius 1 is 1.14 bits per heavy atom. The highest BCUT2D eigenvalue weighted by Gasteiger charge is 2.40. The summed E-state index contributed by atoms with van der Waals surface area (Å²) in [5.41, 5.74) is 0.966. The standard InChI is InChI=1S/C20H22N2O5S2/c1-14(15-5-3-2-4-6-15)21-20(23)17-12-28-13-22(17)29(24,25)16-7-8-18-19(11-16)27-10-9-26-18/h2-8,11,14,17H,9-10,12-13H2,1H3,(H,21,23)/t14?,17-/m0/s1. The number of carbonyl (C=O) groups is 1. The minimum atomic E-state index is -3.85. The number of benzene rings is 2. The largest absolute Gasteiger partial charge is 0.486 e. The van der Waals surface area contributed by atoms with Crippen molar-refractivity contribution < 1.29 is 22.7 Å². The van der Waals surface area contributed by atoms with Crippen molar-refractivity contribution in [2.45, 2.75) is 23.9 Å². The number of fused-ring (bicyclic) bond motifs is 1. The molecule has 2 aromatic carbocycles. The molecule has 0 radical (unpaired) electrons. The number of thioether (sulfide) groups is 1. The Labute approximate surface area is 174 Å². The fraction of sp³-hybridized carbons (Fsp3) is 0.350. The third-order valence-electron chi connectivity index (χ3n) is 4.92. The van der Waals surface area contributed by atoms with Crippen LogP contribution in [-0.4, -0.2) is 49.5 Å². The first-order valence-corrected chi connectivity index (χ1v) is 11.9. The number of carbonyl (C=O) groups excluding carboxylic acids is 1. The van der Waals surface area contributed by atoms with Gasteiger partial charge in [-0.25, -0.2) is 8.42 Å². The highest BCUT2D eigenvalue weighted by Crippen LogP contribution is 2.35. The Balaban J connectivity index is 1.53. The van der Waals surface area contributed by atoms with E-state index in [-0.39, 0.29) is 22.7 Å². The lowest BCUT2D eigenvalue weighted by molar-refractivity contribution is -0.124. The summed E-state index contributed by atoms with van der Waals surface area (Å²) in [6, 6.07) is 13.2. The lowest BCUT2D eigenvalue weighted by Crippen LogP contribution is -2.47. The van der Waals surface area contributed by atoms with Crippen LogP contribution in [0.4, 0.5) is 0 Å². The summed E-state index contributed by atoms with van der Waals surface area (Å²) in [6.07, 6.45) is 0. The molecule has 1 saturated heterocycles. The maximum Gasteiger partial charge on any atom is 0.244 e. The van der Waals surface area contributed by atoms with E-state index in [1.165, 1.54) is 28.2 Å². The van der Waals surface area contributed by atoms with Gasteiger partial charge in [-0.3, -0.25) is 4.79 Å². The zero-order chi connectivity index (χ0) is 20.4. The number of sulfonamides is 1. The monoisotopic (exact) mass is 434 g/mol. The molecular formula is C20H22N2O5S2. The number of amides is 1. The van der Waals surface area contributed by atoms with Crippen LogP contribution in [0.3, 0.4) is 0 Å². The van der Waals surface area contributed by atoms with Crippen molar-refractivity contribution in [1.29, 1.82) is 0 Å². The fourth-order valence-electron chi connectivity index (χ4n) is 3.32. The lowest BCUT2D eigenvalue weighted by atomic mass is 10.1. The summed E-state index contributed by atoms with van der Waals surface area (Å²) in [4.78, 5) is 13.0. The van der Waals surface area contributed by atoms with Crippen molar-refractivity contribution in [3.05, 3.63) is 54.1 Å². The predicted octanol–water partition coefficient (Wildman–Crippen LogP) is 2.40. The normalized spacial score (nSPS) is 20.2. The summed E-state index contributed by atoms with van der Waals surface area (Å²) in [5, 5.41) is 2.94. The second-order valence-corrected chi connectivity index (χ2v) is 9.74. The van der Waals surface area contributed by atoms with Gasteiger partial charge in [0.05, 0.1) is 16.8 Å². The summed E-state index contributed by atoms with van der Waals surface area (Å²) in [6.45, 7) is 2.69. The van der Waals surface area contributed by atoms with Crippen LogP contribution in [0.2, 0.25) is 0 Å². The molecule has 4 rings (SSSR count). The van der Waals surface area contributed by atoms with E-state index in [1.54, 1.807) is 6.07 Å². The van der Waals surface area contributed by atoms with Gasteiger partial charge in [0.2, 0.25) is 15.9 Å². The van der Waals surface area contributed by atoms with E-state index in [9.17, 15) is 13.2 Å². The summed E-state index contributed by atoms with van der Waals surface area (Å²) in [7, 11) is -3.85. The van der Waals surface area contributed by atoms with Crippen LogP contribution in [0.25, 0.3) is 0 Å². The molecule has 0 spiro atoms. The maximum atomic E-state index is 13.2. The molecule has 2 atom stereocenters. The van der Waals surface area contributed by atoms with Gasteiger partial charge in [-0.1, -0.05) is 30.3 Å². The van der Waals surface area contributed by atoms with Crippen LogP contribution in [0.5, 0.6) is 11.5 Å². The van der Waals surface area contributed by atoms with Crippen molar-refractivity contribution in [2.75, 3.05) is 24.8 Å². The first-order chi connectivity index (χ1) is 14.0. The van der Waals surface area contributed by atoms with Crippen LogP contribution in [0, 0.1) is 0 Å². The predicted molar refractivity (Wildman–Crippen MR) is 111 cm³/mol. The van der Waals surface area contributed by atoms with E-state index in [0.29, 0.717) is 30.5 Å². The molecular weight excluding hydrogens is 412 g/mol. The highest BCUT2D eigenvalue weighted by molar-refractivity contribution is 8.00. The summed E-state index contributed by atoms with van der Waals surface area (Å²) < 4.78 is 38.7. The summed E-state index contributed by atoms with van der Waals surface area (Å²) in [5.74, 6) is 1.28. The third-order valence-corrected chi connectivity index (χ3v) is 7.95. The summed E-state index contributed by atoms with van der Waals surface area (Å²) >= 11 is 1.42. The first-order valence-electron chi connectivity index (χ1n) is 9.31. The van der Waals surface area contributed by atoms with Crippen molar-refractivity contribution in [2.24, 2.45) is 0 Å². The quantitative estimate of drug-likeness (QED) is 0.778. The lowest BCUT2D eigenvalue weighted by Gasteiger charge is -2.25. The molecule has 2 aliphatic rings. The van der Waals surface area contributed by atoms with E-state index in [4.69, 9.17) is 9.47 Å². The molecule has 0 saturated carbocycles. The van der Waals surface area contributed by atoms with Crippen molar-refractivity contribution in [1.82, 2.24) is 9.62 Å². The molecule has 2 aromatic rings. The second-order valence-electron chi connectivity index (χ2n) is 6.85. The number of rotatable bonds is 5. The van der Waals surface area contributed by atoms with Crippen LogP contribution in [-0.2, 0) is 14.8 Å². The van der Waals surface area contributed by atoms with Gasteiger partial charge < -0.3 is 14.8 Å². The molecule has 0 aliphatic carbocycles. The molecule has 1 unspecified atom stereocenters. The zero-order valence-corrected chi connectivity index (χ0v) is 17.5. The molecule has 2 heterocycles. The second kappa shape index (κ2) is 8.25. The van der Waals surface area contributed by atoms with Crippen molar-refractivity contribution in [3.63, 3.8) is 0 Å². The molecule has 154 valence electrons. The van der Waals surface area contributed by atoms with E-state index >= 15 is 0 Å². The Morgan fingerprint density at radius 3 is 2.62 bits per heavy atom. The topological polar surface area (TPSA) is 84.9 Å². The molecule has 1 amide bonds. The number of hydrogen-bond donors (Lipinski definition) is 1. The van der Waals surface area contributed by atoms with Gasteiger partial charge in [0, 0.05) is 11.8 Å². The first kappa shape index (κ1) is 20.1. The van der Waals surface area contributed by atoms with Gasteiger partial charge in [-0.05, 0) is 24.6 Å². The molecule has 1 N–H and O–H groups in total. The average Bonchev–Trinajstić information content (AvgIpc) is 3.25. The van der Waals surface area contributed by atoms with Gasteiger partial charge in [-0.2, -0.15) is 4.31 Å². The average molecular weight is 435 g/mol. The minimum Gasteiger partial charge on any atom is -0.486 e. The number of ether oxygens (including phenoxy) is 2. The van der Waals surface area contributed by atoms with Crippen LogP contribution >= 0.6 is 11.8 Å². The van der Waals surface area contributed by atoms with E-state index in [1.807, 2.05) is 37.3 Å². The molecule has 0 aromatic heterocycles. The minimum absolute atomic E-state index is 0.0955. The number of nitrogens with zero attached hydrogens (tertiary/aromatic N) is 1. The Morgan fingerprint density at radius 2 is 1.86 bits per heavy atom. The van der Waals surface area contributed by atoms with Gasteiger partial charge in [0.15, 0.2) is 11.5 Å². The van der Waals surface area contributed by atoms with Gasteiger partial charge in [-0.15, -0.1) is 11.8 Å².